The number of amides is 1. The highest BCUT2D eigenvalue weighted by Crippen LogP contribution is 2.45. The van der Waals surface area contributed by atoms with Gasteiger partial charge in [-0.2, -0.15) is 0 Å². The molecule has 11 heteroatoms. The zero-order valence-corrected chi connectivity index (χ0v) is 27.9. The SMILES string of the molecule is CCCCCOc1ccc(C2C(C(=O)C=Cc3ccccc3)=C(O)C(=O)N2c2nnc(SCc3ccc(Cl)cc3)s2)cc1OCC. The smallest absolute Gasteiger partial charge is 0.296 e. The van der Waals surface area contributed by atoms with E-state index < -0.39 is 23.5 Å². The summed E-state index contributed by atoms with van der Waals surface area (Å²) in [6.07, 6.45) is 6.06. The quantitative estimate of drug-likeness (QED) is 0.0578. The van der Waals surface area contributed by atoms with E-state index in [1.165, 1.54) is 34.1 Å². The van der Waals surface area contributed by atoms with Gasteiger partial charge in [0.15, 0.2) is 27.4 Å². The molecule has 0 saturated carbocycles. The van der Waals surface area contributed by atoms with Crippen molar-refractivity contribution in [1.29, 1.82) is 0 Å². The lowest BCUT2D eigenvalue weighted by molar-refractivity contribution is -0.117. The summed E-state index contributed by atoms with van der Waals surface area (Å²) in [7, 11) is 0. The molecule has 2 heterocycles. The third kappa shape index (κ3) is 7.99. The molecule has 4 aromatic rings. The third-order valence-electron chi connectivity index (χ3n) is 7.17. The first-order chi connectivity index (χ1) is 22.4. The average Bonchev–Trinajstić information content (AvgIpc) is 3.64. The van der Waals surface area contributed by atoms with Gasteiger partial charge in [-0.15, -0.1) is 10.2 Å². The van der Waals surface area contributed by atoms with E-state index in [2.05, 4.69) is 17.1 Å². The largest absolute Gasteiger partial charge is 0.503 e. The summed E-state index contributed by atoms with van der Waals surface area (Å²) in [6.45, 7) is 4.93. The number of hydrogen-bond acceptors (Lipinski definition) is 9. The number of aliphatic hydroxyl groups excluding tert-OH is 1. The molecule has 1 aliphatic rings. The van der Waals surface area contributed by atoms with Gasteiger partial charge in [-0.05, 0) is 60.4 Å². The van der Waals surface area contributed by atoms with Crippen LogP contribution in [-0.2, 0) is 15.3 Å². The molecule has 0 fully saturated rings. The molecule has 3 aromatic carbocycles. The van der Waals surface area contributed by atoms with Crippen molar-refractivity contribution >= 4 is 57.6 Å². The molecule has 1 aliphatic heterocycles. The standard InChI is InChI=1S/C35H34ClN3O5S2/c1-3-5-9-20-44-28-19-15-25(21-29(28)43-4-2)31-30(27(40)18-14-23-10-7-6-8-11-23)32(41)33(42)39(31)34-37-38-35(46-34)45-22-24-12-16-26(36)17-13-24/h6-8,10-19,21,31,41H,3-5,9,20,22H2,1-2H3. The molecule has 1 N–H and O–H groups in total. The minimum atomic E-state index is -0.976. The van der Waals surface area contributed by atoms with E-state index >= 15 is 0 Å². The molecular weight excluding hydrogens is 642 g/mol. The number of hydrogen-bond donors (Lipinski definition) is 1. The van der Waals surface area contributed by atoms with Crippen LogP contribution in [0.15, 0.2) is 94.5 Å². The zero-order chi connectivity index (χ0) is 32.5. The monoisotopic (exact) mass is 675 g/mol. The van der Waals surface area contributed by atoms with Gasteiger partial charge in [0.1, 0.15) is 0 Å². The Hall–Kier alpha value is -4.12. The van der Waals surface area contributed by atoms with Crippen molar-refractivity contribution in [3.8, 4) is 11.5 Å². The molecule has 1 aromatic heterocycles. The molecule has 0 aliphatic carbocycles. The molecule has 1 amide bonds. The van der Waals surface area contributed by atoms with Crippen LogP contribution < -0.4 is 14.4 Å². The van der Waals surface area contributed by atoms with Gasteiger partial charge in [0, 0.05) is 10.8 Å². The van der Waals surface area contributed by atoms with E-state index in [-0.39, 0.29) is 10.7 Å². The number of anilines is 1. The maximum Gasteiger partial charge on any atom is 0.296 e. The van der Waals surface area contributed by atoms with Crippen molar-refractivity contribution < 1.29 is 24.2 Å². The number of carbonyl (C=O) groups excluding carboxylic acids is 2. The van der Waals surface area contributed by atoms with Crippen molar-refractivity contribution in [3.63, 3.8) is 0 Å². The summed E-state index contributed by atoms with van der Waals surface area (Å²) in [5.41, 5.74) is 2.37. The first-order valence-corrected chi connectivity index (χ1v) is 17.2. The Balaban J connectivity index is 1.49. The second kappa shape index (κ2) is 15.9. The highest BCUT2D eigenvalue weighted by atomic mass is 35.5. The van der Waals surface area contributed by atoms with Crippen molar-refractivity contribution in [2.75, 3.05) is 18.1 Å². The predicted octanol–water partition coefficient (Wildman–Crippen LogP) is 8.63. The van der Waals surface area contributed by atoms with Crippen molar-refractivity contribution in [1.82, 2.24) is 10.2 Å². The summed E-state index contributed by atoms with van der Waals surface area (Å²) < 4.78 is 12.6. The second-order valence-electron chi connectivity index (χ2n) is 10.4. The van der Waals surface area contributed by atoms with E-state index in [1.54, 1.807) is 24.3 Å². The Bertz CT molecular complexity index is 1720. The van der Waals surface area contributed by atoms with Crippen LogP contribution in [0.25, 0.3) is 6.08 Å². The Morgan fingerprint density at radius 1 is 1.02 bits per heavy atom. The van der Waals surface area contributed by atoms with E-state index in [9.17, 15) is 14.7 Å². The number of aliphatic hydroxyl groups is 1. The summed E-state index contributed by atoms with van der Waals surface area (Å²) in [5, 5.41) is 20.7. The number of halogens is 1. The molecular formula is C35H34ClN3O5S2. The molecule has 8 nitrogen and oxygen atoms in total. The first kappa shape index (κ1) is 33.2. The molecule has 0 spiro atoms. The topological polar surface area (TPSA) is 102 Å². The van der Waals surface area contributed by atoms with Gasteiger partial charge in [0.05, 0.1) is 24.8 Å². The predicted molar refractivity (Wildman–Crippen MR) is 184 cm³/mol. The number of benzene rings is 3. The summed E-state index contributed by atoms with van der Waals surface area (Å²) in [5.74, 6) is -0.182. The van der Waals surface area contributed by atoms with Crippen LogP contribution >= 0.6 is 34.7 Å². The Labute approximate surface area is 281 Å². The highest BCUT2D eigenvalue weighted by molar-refractivity contribution is 8.00. The van der Waals surface area contributed by atoms with Gasteiger partial charge >= 0.3 is 0 Å². The van der Waals surface area contributed by atoms with Crippen molar-refractivity contribution in [2.45, 2.75) is 49.2 Å². The van der Waals surface area contributed by atoms with Gasteiger partial charge in [-0.3, -0.25) is 14.5 Å². The van der Waals surface area contributed by atoms with Crippen LogP contribution in [0.5, 0.6) is 11.5 Å². The fraction of sp³-hybridized carbons (Fsp3) is 0.257. The Morgan fingerprint density at radius 2 is 1.80 bits per heavy atom. The molecule has 5 rings (SSSR count). The summed E-state index contributed by atoms with van der Waals surface area (Å²) in [6, 6.07) is 21.2. The average molecular weight is 676 g/mol. The first-order valence-electron chi connectivity index (χ1n) is 15.0. The number of ketones is 1. The molecule has 1 atom stereocenters. The van der Waals surface area contributed by atoms with Crippen molar-refractivity contribution in [3.05, 3.63) is 112 Å². The van der Waals surface area contributed by atoms with E-state index in [0.717, 1.165) is 30.4 Å². The van der Waals surface area contributed by atoms with Gasteiger partial charge in [-0.25, -0.2) is 0 Å². The van der Waals surface area contributed by atoms with Crippen LogP contribution in [0.2, 0.25) is 5.02 Å². The lowest BCUT2D eigenvalue weighted by atomic mass is 9.95. The number of unbranched alkanes of at least 4 members (excludes halogenated alkanes) is 2. The lowest BCUT2D eigenvalue weighted by Gasteiger charge is -2.24. The maximum atomic E-state index is 13.7. The number of aromatic nitrogens is 2. The zero-order valence-electron chi connectivity index (χ0n) is 25.5. The molecule has 0 bridgehead atoms. The summed E-state index contributed by atoms with van der Waals surface area (Å²) >= 11 is 8.69. The second-order valence-corrected chi connectivity index (χ2v) is 13.0. The van der Waals surface area contributed by atoms with Crippen LogP contribution in [-0.4, -0.2) is 40.2 Å². The number of thioether (sulfide) groups is 1. The Morgan fingerprint density at radius 3 is 2.54 bits per heavy atom. The molecule has 1 unspecified atom stereocenters. The fourth-order valence-corrected chi connectivity index (χ4v) is 6.85. The van der Waals surface area contributed by atoms with Gasteiger partial charge < -0.3 is 14.6 Å². The minimum absolute atomic E-state index is 0.0539. The normalized spacial score (nSPS) is 14.8. The maximum absolute atomic E-state index is 13.7. The van der Waals surface area contributed by atoms with E-state index in [1.807, 2.05) is 61.5 Å². The molecule has 0 radical (unpaired) electrons. The number of carbonyl (C=O) groups is 2. The van der Waals surface area contributed by atoms with Gasteiger partial charge in [0.25, 0.3) is 5.91 Å². The molecule has 0 saturated heterocycles. The van der Waals surface area contributed by atoms with Crippen LogP contribution in [0.4, 0.5) is 5.13 Å². The summed E-state index contributed by atoms with van der Waals surface area (Å²) in [4.78, 5) is 28.7. The van der Waals surface area contributed by atoms with E-state index in [4.69, 9.17) is 21.1 Å². The van der Waals surface area contributed by atoms with Crippen LogP contribution in [0.1, 0.15) is 55.8 Å². The van der Waals surface area contributed by atoms with Gasteiger partial charge in [0.2, 0.25) is 5.13 Å². The fourth-order valence-electron chi connectivity index (χ4n) is 4.90. The number of ether oxygens (including phenoxy) is 2. The van der Waals surface area contributed by atoms with Crippen LogP contribution in [0.3, 0.4) is 0 Å². The number of rotatable bonds is 15. The van der Waals surface area contributed by atoms with Crippen molar-refractivity contribution in [2.24, 2.45) is 0 Å². The minimum Gasteiger partial charge on any atom is -0.503 e. The van der Waals surface area contributed by atoms with Gasteiger partial charge in [-0.1, -0.05) is 109 Å². The number of nitrogens with zero attached hydrogens (tertiary/aromatic N) is 3. The molecule has 238 valence electrons. The lowest BCUT2D eigenvalue weighted by Crippen LogP contribution is -2.31. The van der Waals surface area contributed by atoms with E-state index in [0.29, 0.717) is 45.4 Å². The number of allylic oxidation sites excluding steroid dienone is 1. The third-order valence-corrected chi connectivity index (χ3v) is 9.55. The Kier molecular flexibility index (Phi) is 11.5. The van der Waals surface area contributed by atoms with Crippen LogP contribution in [0, 0.1) is 0 Å². The molecule has 46 heavy (non-hydrogen) atoms. The highest BCUT2D eigenvalue weighted by Gasteiger charge is 2.45.